The highest BCUT2D eigenvalue weighted by molar-refractivity contribution is 7.07. The first-order valence-corrected chi connectivity index (χ1v) is 5.24. The molecular formula is C8H17N3OS. The Kier molecular flexibility index (Phi) is 7.53. The van der Waals surface area contributed by atoms with Crippen LogP contribution in [0, 0.1) is 0 Å². The molecule has 0 bridgehead atoms. The Morgan fingerprint density at radius 2 is 1.92 bits per heavy atom. The van der Waals surface area contributed by atoms with Crippen LogP contribution in [-0.2, 0) is 6.42 Å². The van der Waals surface area contributed by atoms with Gasteiger partial charge in [0.05, 0.1) is 0 Å². The molecule has 0 aromatic carbocycles. The van der Waals surface area contributed by atoms with Gasteiger partial charge in [-0.3, -0.25) is 0 Å². The summed E-state index contributed by atoms with van der Waals surface area (Å²) in [7, 11) is 0. The summed E-state index contributed by atoms with van der Waals surface area (Å²) in [6, 6.07) is 0. The number of nitrogens with one attached hydrogen (secondary N) is 1. The van der Waals surface area contributed by atoms with E-state index in [2.05, 4.69) is 28.5 Å². The first-order valence-electron chi connectivity index (χ1n) is 4.46. The standard InChI is InChI=1S/C4H6N2OS.C4H11N/c1-2-3-5-4(7)8-6-3;1-3-5-4-2/h2H2,1H3,(H,5,6,7);5H,3-4H2,1-2H3. The average Bonchev–Trinajstić information content (AvgIpc) is 2.54. The Bertz CT molecular complexity index is 213. The summed E-state index contributed by atoms with van der Waals surface area (Å²) < 4.78 is 3.81. The first-order chi connectivity index (χ1) is 6.24. The van der Waals surface area contributed by atoms with E-state index in [0.29, 0.717) is 5.82 Å². The van der Waals surface area contributed by atoms with Crippen LogP contribution in [0.4, 0.5) is 0 Å². The van der Waals surface area contributed by atoms with E-state index in [1.807, 2.05) is 6.92 Å². The van der Waals surface area contributed by atoms with Crippen LogP contribution in [0.2, 0.25) is 0 Å². The van der Waals surface area contributed by atoms with Gasteiger partial charge in [-0.1, -0.05) is 20.8 Å². The quantitative estimate of drug-likeness (QED) is 0.780. The molecule has 0 aliphatic rings. The molecule has 1 aromatic heterocycles. The van der Waals surface area contributed by atoms with Crippen LogP contribution in [0.1, 0.15) is 26.6 Å². The minimum atomic E-state index is 0.0573. The lowest BCUT2D eigenvalue weighted by atomic mass is 10.5. The van der Waals surface area contributed by atoms with E-state index in [0.717, 1.165) is 31.0 Å². The molecule has 4 nitrogen and oxygen atoms in total. The molecular weight excluding hydrogens is 186 g/mol. The molecule has 1 heterocycles. The summed E-state index contributed by atoms with van der Waals surface area (Å²) >= 11 is 1.02. The molecule has 0 aliphatic carbocycles. The van der Waals surface area contributed by atoms with Gasteiger partial charge in [0.15, 0.2) is 0 Å². The second kappa shape index (κ2) is 7.94. The highest BCUT2D eigenvalue weighted by atomic mass is 32.1. The van der Waals surface area contributed by atoms with Gasteiger partial charge in [-0.25, -0.2) is 0 Å². The summed E-state index contributed by atoms with van der Waals surface area (Å²) in [6.07, 6.45) is 0.789. The van der Waals surface area contributed by atoms with E-state index in [-0.39, 0.29) is 5.19 Å². The molecule has 1 rings (SSSR count). The average molecular weight is 203 g/mol. The molecule has 76 valence electrons. The maximum atomic E-state index is 8.63. The van der Waals surface area contributed by atoms with Crippen molar-refractivity contribution < 1.29 is 5.11 Å². The number of rotatable bonds is 3. The maximum absolute atomic E-state index is 8.63. The molecule has 0 aliphatic heterocycles. The van der Waals surface area contributed by atoms with E-state index in [1.54, 1.807) is 0 Å². The number of aryl methyl sites for hydroxylation is 1. The number of aromatic hydroxyl groups is 1. The number of hydrogen-bond acceptors (Lipinski definition) is 5. The fourth-order valence-electron chi connectivity index (χ4n) is 0.638. The lowest BCUT2D eigenvalue weighted by Crippen LogP contribution is -2.09. The van der Waals surface area contributed by atoms with Crippen LogP contribution >= 0.6 is 11.5 Å². The van der Waals surface area contributed by atoms with Crippen LogP contribution < -0.4 is 5.32 Å². The fourth-order valence-corrected chi connectivity index (χ4v) is 1.14. The third-order valence-electron chi connectivity index (χ3n) is 1.27. The monoisotopic (exact) mass is 203 g/mol. The Balaban J connectivity index is 0.000000252. The topological polar surface area (TPSA) is 58.0 Å². The summed E-state index contributed by atoms with van der Waals surface area (Å²) in [5.41, 5.74) is 0. The number of hydrogen-bond donors (Lipinski definition) is 2. The summed E-state index contributed by atoms with van der Waals surface area (Å²) in [5.74, 6) is 0.715. The fraction of sp³-hybridized carbons (Fsp3) is 0.750. The SMILES string of the molecule is CCNCC.CCc1nsc(O)n1. The predicted octanol–water partition coefficient (Wildman–Crippen LogP) is 1.42. The van der Waals surface area contributed by atoms with Gasteiger partial charge in [-0.05, 0) is 13.1 Å². The van der Waals surface area contributed by atoms with Gasteiger partial charge in [0.25, 0.3) is 5.19 Å². The Labute approximate surface area is 83.2 Å². The van der Waals surface area contributed by atoms with Crippen molar-refractivity contribution in [2.45, 2.75) is 27.2 Å². The van der Waals surface area contributed by atoms with Crippen molar-refractivity contribution in [1.82, 2.24) is 14.7 Å². The van der Waals surface area contributed by atoms with Crippen molar-refractivity contribution in [3.63, 3.8) is 0 Å². The van der Waals surface area contributed by atoms with Crippen molar-refractivity contribution in [1.29, 1.82) is 0 Å². The molecule has 0 fully saturated rings. The molecule has 0 unspecified atom stereocenters. The van der Waals surface area contributed by atoms with Crippen molar-refractivity contribution >= 4 is 11.5 Å². The van der Waals surface area contributed by atoms with E-state index >= 15 is 0 Å². The highest BCUT2D eigenvalue weighted by Crippen LogP contribution is 2.10. The maximum Gasteiger partial charge on any atom is 0.290 e. The van der Waals surface area contributed by atoms with E-state index in [9.17, 15) is 0 Å². The van der Waals surface area contributed by atoms with Crippen molar-refractivity contribution in [2.24, 2.45) is 0 Å². The second-order valence-corrected chi connectivity index (χ2v) is 3.03. The third-order valence-corrected chi connectivity index (χ3v) is 1.83. The highest BCUT2D eigenvalue weighted by Gasteiger charge is 1.95. The zero-order valence-corrected chi connectivity index (χ0v) is 9.19. The van der Waals surface area contributed by atoms with Gasteiger partial charge >= 0.3 is 0 Å². The van der Waals surface area contributed by atoms with Crippen LogP contribution in [0.3, 0.4) is 0 Å². The molecule has 2 N–H and O–H groups in total. The van der Waals surface area contributed by atoms with Gasteiger partial charge in [0.1, 0.15) is 5.82 Å². The minimum absolute atomic E-state index is 0.0573. The third kappa shape index (κ3) is 6.48. The largest absolute Gasteiger partial charge is 0.485 e. The zero-order valence-electron chi connectivity index (χ0n) is 8.37. The molecule has 1 aromatic rings. The molecule has 0 spiro atoms. The van der Waals surface area contributed by atoms with Crippen LogP contribution in [0.15, 0.2) is 0 Å². The van der Waals surface area contributed by atoms with Crippen LogP contribution in [-0.4, -0.2) is 27.6 Å². The van der Waals surface area contributed by atoms with Crippen molar-refractivity contribution in [2.75, 3.05) is 13.1 Å². The molecule has 0 atom stereocenters. The van der Waals surface area contributed by atoms with Gasteiger partial charge in [-0.2, -0.15) is 9.36 Å². The molecule has 0 amide bonds. The summed E-state index contributed by atoms with van der Waals surface area (Å²) in [6.45, 7) is 8.33. The zero-order chi connectivity index (χ0) is 10.1. The Morgan fingerprint density at radius 1 is 1.31 bits per heavy atom. The van der Waals surface area contributed by atoms with Gasteiger partial charge < -0.3 is 10.4 Å². The van der Waals surface area contributed by atoms with Crippen LogP contribution in [0.5, 0.6) is 5.19 Å². The minimum Gasteiger partial charge on any atom is -0.485 e. The summed E-state index contributed by atoms with van der Waals surface area (Å²) in [5, 5.41) is 11.8. The second-order valence-electron chi connectivity index (χ2n) is 2.30. The van der Waals surface area contributed by atoms with Crippen molar-refractivity contribution in [3.05, 3.63) is 5.82 Å². The molecule has 5 heteroatoms. The van der Waals surface area contributed by atoms with Crippen molar-refractivity contribution in [3.8, 4) is 5.19 Å². The van der Waals surface area contributed by atoms with Gasteiger partial charge in [-0.15, -0.1) is 0 Å². The Morgan fingerprint density at radius 3 is 2.08 bits per heavy atom. The van der Waals surface area contributed by atoms with E-state index in [1.165, 1.54) is 0 Å². The smallest absolute Gasteiger partial charge is 0.290 e. The van der Waals surface area contributed by atoms with Gasteiger partial charge in [0, 0.05) is 18.0 Å². The number of aromatic nitrogens is 2. The first kappa shape index (κ1) is 12.3. The van der Waals surface area contributed by atoms with E-state index < -0.39 is 0 Å². The molecule has 0 radical (unpaired) electrons. The molecule has 13 heavy (non-hydrogen) atoms. The van der Waals surface area contributed by atoms with Crippen LogP contribution in [0.25, 0.3) is 0 Å². The van der Waals surface area contributed by atoms with E-state index in [4.69, 9.17) is 5.11 Å². The lowest BCUT2D eigenvalue weighted by Gasteiger charge is -1.86. The lowest BCUT2D eigenvalue weighted by molar-refractivity contribution is 0.469. The number of nitrogens with zero attached hydrogens (tertiary/aromatic N) is 2. The molecule has 0 saturated carbocycles. The van der Waals surface area contributed by atoms with Gasteiger partial charge in [0.2, 0.25) is 0 Å². The summed E-state index contributed by atoms with van der Waals surface area (Å²) in [4.78, 5) is 3.69. The molecule has 0 saturated heterocycles. The predicted molar refractivity (Wildman–Crippen MR) is 55.2 cm³/mol. The normalized spacial score (nSPS) is 9.15. The Hall–Kier alpha value is -0.680.